The van der Waals surface area contributed by atoms with Gasteiger partial charge in [-0.1, -0.05) is 74.0 Å². The number of hydrogen-bond donors (Lipinski definition) is 0. The Hall–Kier alpha value is -3.44. The van der Waals surface area contributed by atoms with Crippen molar-refractivity contribution < 1.29 is 4.79 Å². The van der Waals surface area contributed by atoms with E-state index in [1.54, 1.807) is 0 Å². The minimum absolute atomic E-state index is 0.280. The highest BCUT2D eigenvalue weighted by atomic mass is 16.2. The quantitative estimate of drug-likeness (QED) is 0.368. The number of hydrogen-bond acceptors (Lipinski definition) is 3. The number of aromatic nitrogens is 2. The van der Waals surface area contributed by atoms with Crippen LogP contribution in [0.25, 0.3) is 28.0 Å². The number of imidazole rings is 1. The number of amides is 1. The fourth-order valence-electron chi connectivity index (χ4n) is 4.83. The number of pyridine rings is 1. The SMILES string of the molecule is Cc1ccc(-c2nc3ccc(-c4ccccc4)cn3c2CN2CCN(C(=O)CC(C)C)CC2)cc1. The molecule has 2 aromatic heterocycles. The van der Waals surface area contributed by atoms with Crippen LogP contribution >= 0.6 is 0 Å². The molecule has 5 heteroatoms. The summed E-state index contributed by atoms with van der Waals surface area (Å²) in [4.78, 5) is 22.1. The zero-order valence-corrected chi connectivity index (χ0v) is 20.9. The van der Waals surface area contributed by atoms with Crippen LogP contribution in [0.15, 0.2) is 72.9 Å². The number of piperazine rings is 1. The Balaban J connectivity index is 1.47. The lowest BCUT2D eigenvalue weighted by molar-refractivity contribution is -0.133. The van der Waals surface area contributed by atoms with Crippen LogP contribution in [0.2, 0.25) is 0 Å². The van der Waals surface area contributed by atoms with E-state index in [2.05, 4.69) is 96.9 Å². The van der Waals surface area contributed by atoms with Gasteiger partial charge < -0.3 is 9.30 Å². The second kappa shape index (κ2) is 10.0. The summed E-state index contributed by atoms with van der Waals surface area (Å²) in [7, 11) is 0. The number of aryl methyl sites for hydroxylation is 1. The molecule has 0 spiro atoms. The summed E-state index contributed by atoms with van der Waals surface area (Å²) in [6.07, 6.45) is 2.85. The summed E-state index contributed by atoms with van der Waals surface area (Å²) in [5.74, 6) is 0.678. The Bertz CT molecular complexity index is 1300. The predicted octanol–water partition coefficient (Wildman–Crippen LogP) is 5.67. The Morgan fingerprint density at radius 1 is 0.857 bits per heavy atom. The van der Waals surface area contributed by atoms with Crippen molar-refractivity contribution in [2.75, 3.05) is 26.2 Å². The molecule has 1 aliphatic heterocycles. The highest BCUT2D eigenvalue weighted by molar-refractivity contribution is 5.76. The molecule has 0 saturated carbocycles. The topological polar surface area (TPSA) is 40.9 Å². The van der Waals surface area contributed by atoms with Crippen molar-refractivity contribution >= 4 is 11.6 Å². The lowest BCUT2D eigenvalue weighted by atomic mass is 10.1. The van der Waals surface area contributed by atoms with Crippen molar-refractivity contribution in [2.45, 2.75) is 33.7 Å². The van der Waals surface area contributed by atoms with Gasteiger partial charge in [0.15, 0.2) is 0 Å². The molecular weight excluding hydrogens is 432 g/mol. The van der Waals surface area contributed by atoms with Crippen LogP contribution in [-0.2, 0) is 11.3 Å². The van der Waals surface area contributed by atoms with E-state index in [0.29, 0.717) is 12.3 Å². The van der Waals surface area contributed by atoms with Crippen LogP contribution in [0, 0.1) is 12.8 Å². The van der Waals surface area contributed by atoms with E-state index in [0.717, 1.165) is 49.6 Å². The van der Waals surface area contributed by atoms with E-state index in [1.165, 1.54) is 22.4 Å². The molecular formula is C30H34N4O. The van der Waals surface area contributed by atoms with Crippen molar-refractivity contribution in [2.24, 2.45) is 5.92 Å². The number of nitrogens with zero attached hydrogens (tertiary/aromatic N) is 4. The van der Waals surface area contributed by atoms with Gasteiger partial charge in [-0.2, -0.15) is 0 Å². The lowest BCUT2D eigenvalue weighted by Gasteiger charge is -2.35. The maximum atomic E-state index is 12.5. The maximum Gasteiger partial charge on any atom is 0.222 e. The maximum absolute atomic E-state index is 12.5. The molecule has 4 aromatic rings. The number of benzene rings is 2. The van der Waals surface area contributed by atoms with Gasteiger partial charge in [-0.25, -0.2) is 4.98 Å². The smallest absolute Gasteiger partial charge is 0.222 e. The van der Waals surface area contributed by atoms with E-state index in [4.69, 9.17) is 4.98 Å². The van der Waals surface area contributed by atoms with Crippen molar-refractivity contribution in [1.29, 1.82) is 0 Å². The van der Waals surface area contributed by atoms with Gasteiger partial charge in [-0.05, 0) is 36.1 Å². The average molecular weight is 467 g/mol. The summed E-state index contributed by atoms with van der Waals surface area (Å²) in [5.41, 5.74) is 7.95. The zero-order valence-electron chi connectivity index (χ0n) is 20.9. The van der Waals surface area contributed by atoms with Crippen LogP contribution in [-0.4, -0.2) is 51.3 Å². The van der Waals surface area contributed by atoms with Gasteiger partial charge in [0.05, 0.1) is 11.4 Å². The van der Waals surface area contributed by atoms with Crippen LogP contribution in [0.5, 0.6) is 0 Å². The number of carbonyl (C=O) groups excluding carboxylic acids is 1. The van der Waals surface area contributed by atoms with Gasteiger partial charge >= 0.3 is 0 Å². The molecule has 0 atom stereocenters. The summed E-state index contributed by atoms with van der Waals surface area (Å²) >= 11 is 0. The molecule has 2 aromatic carbocycles. The minimum Gasteiger partial charge on any atom is -0.340 e. The third kappa shape index (κ3) is 5.15. The van der Waals surface area contributed by atoms with Crippen LogP contribution in [0.3, 0.4) is 0 Å². The predicted molar refractivity (Wildman–Crippen MR) is 142 cm³/mol. The number of rotatable bonds is 6. The van der Waals surface area contributed by atoms with Gasteiger partial charge in [0, 0.05) is 50.9 Å². The van der Waals surface area contributed by atoms with Crippen molar-refractivity contribution in [1.82, 2.24) is 19.2 Å². The molecule has 0 bridgehead atoms. The lowest BCUT2D eigenvalue weighted by Crippen LogP contribution is -2.48. The summed E-state index contributed by atoms with van der Waals surface area (Å²) < 4.78 is 2.26. The molecule has 180 valence electrons. The summed E-state index contributed by atoms with van der Waals surface area (Å²) in [6, 6.07) is 23.4. The fraction of sp³-hybridized carbons (Fsp3) is 0.333. The molecule has 0 unspecified atom stereocenters. The highest BCUT2D eigenvalue weighted by Crippen LogP contribution is 2.29. The molecule has 0 radical (unpaired) electrons. The van der Waals surface area contributed by atoms with E-state index in [9.17, 15) is 4.79 Å². The van der Waals surface area contributed by atoms with E-state index >= 15 is 0 Å². The van der Waals surface area contributed by atoms with Crippen molar-refractivity contribution in [3.8, 4) is 22.4 Å². The summed E-state index contributed by atoms with van der Waals surface area (Å²) in [5, 5.41) is 0. The largest absolute Gasteiger partial charge is 0.340 e. The standard InChI is InChI=1S/C30H34N4O/c1-22(2)19-29(35)33-17-15-32(16-18-33)21-27-30(25-11-9-23(3)10-12-25)31-28-14-13-26(20-34(27)28)24-7-5-4-6-8-24/h4-14,20,22H,15-19,21H2,1-3H3. The Morgan fingerprint density at radius 3 is 2.23 bits per heavy atom. The molecule has 1 saturated heterocycles. The second-order valence-corrected chi connectivity index (χ2v) is 10.0. The first-order chi connectivity index (χ1) is 17.0. The fourth-order valence-corrected chi connectivity index (χ4v) is 4.83. The molecule has 0 N–H and O–H groups in total. The molecule has 1 aliphatic rings. The Morgan fingerprint density at radius 2 is 1.54 bits per heavy atom. The Kier molecular flexibility index (Phi) is 6.69. The van der Waals surface area contributed by atoms with E-state index in [-0.39, 0.29) is 5.91 Å². The van der Waals surface area contributed by atoms with Crippen molar-refractivity contribution in [3.63, 3.8) is 0 Å². The first kappa shape index (κ1) is 23.3. The van der Waals surface area contributed by atoms with Gasteiger partial charge in [0.25, 0.3) is 0 Å². The van der Waals surface area contributed by atoms with Crippen molar-refractivity contribution in [3.05, 3.63) is 84.2 Å². The van der Waals surface area contributed by atoms with Gasteiger partial charge in [0.1, 0.15) is 5.65 Å². The minimum atomic E-state index is 0.280. The summed E-state index contributed by atoms with van der Waals surface area (Å²) in [6.45, 7) is 10.5. The van der Waals surface area contributed by atoms with E-state index < -0.39 is 0 Å². The molecule has 5 nitrogen and oxygen atoms in total. The van der Waals surface area contributed by atoms with Gasteiger partial charge in [0.2, 0.25) is 5.91 Å². The zero-order chi connectivity index (χ0) is 24.4. The first-order valence-corrected chi connectivity index (χ1v) is 12.6. The van der Waals surface area contributed by atoms with E-state index in [1.807, 2.05) is 11.0 Å². The first-order valence-electron chi connectivity index (χ1n) is 12.6. The third-order valence-corrected chi connectivity index (χ3v) is 6.83. The molecule has 35 heavy (non-hydrogen) atoms. The Labute approximate surface area is 208 Å². The number of fused-ring (bicyclic) bond motifs is 1. The van der Waals surface area contributed by atoms with Crippen LogP contribution in [0.1, 0.15) is 31.5 Å². The highest BCUT2D eigenvalue weighted by Gasteiger charge is 2.24. The van der Waals surface area contributed by atoms with Crippen LogP contribution in [0.4, 0.5) is 0 Å². The molecule has 3 heterocycles. The second-order valence-electron chi connectivity index (χ2n) is 10.0. The molecule has 1 amide bonds. The average Bonchev–Trinajstić information content (AvgIpc) is 3.22. The van der Waals surface area contributed by atoms with Gasteiger partial charge in [-0.3, -0.25) is 9.69 Å². The normalized spacial score (nSPS) is 14.7. The molecule has 5 rings (SSSR count). The number of carbonyl (C=O) groups is 1. The molecule has 1 fully saturated rings. The molecule has 0 aliphatic carbocycles. The monoisotopic (exact) mass is 466 g/mol. The third-order valence-electron chi connectivity index (χ3n) is 6.83. The van der Waals surface area contributed by atoms with Gasteiger partial charge in [-0.15, -0.1) is 0 Å². The van der Waals surface area contributed by atoms with Crippen LogP contribution < -0.4 is 0 Å².